The Labute approximate surface area is 154 Å². The third kappa shape index (κ3) is 4.35. The summed E-state index contributed by atoms with van der Waals surface area (Å²) in [4.78, 5) is 20.6. The first-order valence-corrected chi connectivity index (χ1v) is 7.98. The molecular weight excluding hydrogens is 354 g/mol. The summed E-state index contributed by atoms with van der Waals surface area (Å²) in [5.74, 6) is -1.17. The number of amides is 1. The summed E-state index contributed by atoms with van der Waals surface area (Å²) in [6.45, 7) is 1.61. The van der Waals surface area contributed by atoms with Crippen LogP contribution in [0.1, 0.15) is 16.3 Å². The average molecular weight is 370 g/mol. The van der Waals surface area contributed by atoms with Gasteiger partial charge in [0.2, 0.25) is 0 Å². The van der Waals surface area contributed by atoms with Gasteiger partial charge in [0.25, 0.3) is 5.91 Å². The topological polar surface area (TPSA) is 76.1 Å². The number of rotatable bonds is 5. The molecule has 0 saturated heterocycles. The SMILES string of the molecule is COc1cccc(Nc2cc(C(=O)Nc3c(F)cccc3F)nc(C)n2)c1. The Kier molecular flexibility index (Phi) is 5.25. The lowest BCUT2D eigenvalue weighted by molar-refractivity contribution is 0.102. The zero-order valence-corrected chi connectivity index (χ0v) is 14.6. The highest BCUT2D eigenvalue weighted by molar-refractivity contribution is 6.03. The number of aromatic nitrogens is 2. The van der Waals surface area contributed by atoms with Crippen LogP contribution in [0.2, 0.25) is 0 Å². The lowest BCUT2D eigenvalue weighted by Gasteiger charge is -2.10. The van der Waals surface area contributed by atoms with E-state index in [2.05, 4.69) is 20.6 Å². The van der Waals surface area contributed by atoms with Gasteiger partial charge in [0, 0.05) is 17.8 Å². The van der Waals surface area contributed by atoms with Crippen LogP contribution in [-0.4, -0.2) is 23.0 Å². The Balaban J connectivity index is 1.85. The highest BCUT2D eigenvalue weighted by Gasteiger charge is 2.16. The molecule has 0 fully saturated rings. The fourth-order valence-corrected chi connectivity index (χ4v) is 2.39. The number of para-hydroxylation sites is 1. The number of methoxy groups -OCH3 is 1. The van der Waals surface area contributed by atoms with Gasteiger partial charge < -0.3 is 15.4 Å². The van der Waals surface area contributed by atoms with Crippen LogP contribution in [0.5, 0.6) is 5.75 Å². The summed E-state index contributed by atoms with van der Waals surface area (Å²) < 4.78 is 32.6. The highest BCUT2D eigenvalue weighted by atomic mass is 19.1. The van der Waals surface area contributed by atoms with Crippen molar-refractivity contribution in [2.45, 2.75) is 6.92 Å². The largest absolute Gasteiger partial charge is 0.497 e. The van der Waals surface area contributed by atoms with Gasteiger partial charge in [-0.1, -0.05) is 12.1 Å². The van der Waals surface area contributed by atoms with E-state index in [0.717, 1.165) is 12.1 Å². The van der Waals surface area contributed by atoms with Crippen LogP contribution in [0.3, 0.4) is 0 Å². The number of nitrogens with zero attached hydrogens (tertiary/aromatic N) is 2. The molecule has 6 nitrogen and oxygen atoms in total. The van der Waals surface area contributed by atoms with Crippen LogP contribution in [0.15, 0.2) is 48.5 Å². The standard InChI is InChI=1S/C19H16F2N4O2/c1-11-22-16(19(26)25-18-14(20)7-4-8-15(18)21)10-17(23-11)24-12-5-3-6-13(9-12)27-2/h3-10H,1-2H3,(H,25,26)(H,22,23,24). The molecule has 2 aromatic carbocycles. The summed E-state index contributed by atoms with van der Waals surface area (Å²) in [6.07, 6.45) is 0. The van der Waals surface area contributed by atoms with Crippen molar-refractivity contribution in [3.8, 4) is 5.75 Å². The van der Waals surface area contributed by atoms with Crippen molar-refractivity contribution in [3.63, 3.8) is 0 Å². The average Bonchev–Trinajstić information content (AvgIpc) is 2.64. The van der Waals surface area contributed by atoms with Crippen LogP contribution in [0.4, 0.5) is 26.0 Å². The molecule has 0 aliphatic heterocycles. The number of hydrogen-bond donors (Lipinski definition) is 2. The number of anilines is 3. The Morgan fingerprint density at radius 3 is 2.44 bits per heavy atom. The van der Waals surface area contributed by atoms with E-state index in [-0.39, 0.29) is 5.69 Å². The molecule has 2 N–H and O–H groups in total. The second-order valence-electron chi connectivity index (χ2n) is 5.59. The fourth-order valence-electron chi connectivity index (χ4n) is 2.39. The van der Waals surface area contributed by atoms with Gasteiger partial charge in [0.05, 0.1) is 7.11 Å². The Hall–Kier alpha value is -3.55. The van der Waals surface area contributed by atoms with Gasteiger partial charge >= 0.3 is 0 Å². The maximum Gasteiger partial charge on any atom is 0.274 e. The molecule has 0 atom stereocenters. The van der Waals surface area contributed by atoms with E-state index < -0.39 is 23.2 Å². The first kappa shape index (κ1) is 18.2. The Bertz CT molecular complexity index is 975. The molecule has 0 aliphatic carbocycles. The summed E-state index contributed by atoms with van der Waals surface area (Å²) in [6, 6.07) is 11.9. The second-order valence-corrected chi connectivity index (χ2v) is 5.59. The monoisotopic (exact) mass is 370 g/mol. The smallest absolute Gasteiger partial charge is 0.274 e. The maximum atomic E-state index is 13.7. The number of benzene rings is 2. The molecule has 0 aliphatic rings. The summed E-state index contributed by atoms with van der Waals surface area (Å²) >= 11 is 0. The normalized spacial score (nSPS) is 10.4. The molecule has 1 heterocycles. The third-order valence-corrected chi connectivity index (χ3v) is 3.61. The van der Waals surface area contributed by atoms with Crippen molar-refractivity contribution in [2.75, 3.05) is 17.7 Å². The van der Waals surface area contributed by atoms with Gasteiger partial charge in [-0.15, -0.1) is 0 Å². The van der Waals surface area contributed by atoms with Crippen molar-refractivity contribution in [3.05, 3.63) is 71.7 Å². The molecule has 3 aromatic rings. The number of ether oxygens (including phenoxy) is 1. The highest BCUT2D eigenvalue weighted by Crippen LogP contribution is 2.22. The van der Waals surface area contributed by atoms with E-state index in [1.54, 1.807) is 38.3 Å². The summed E-state index contributed by atoms with van der Waals surface area (Å²) in [7, 11) is 1.55. The molecule has 0 unspecified atom stereocenters. The van der Waals surface area contributed by atoms with E-state index in [4.69, 9.17) is 4.74 Å². The van der Waals surface area contributed by atoms with Gasteiger partial charge in [-0.05, 0) is 31.2 Å². The van der Waals surface area contributed by atoms with Gasteiger partial charge in [0.1, 0.15) is 40.4 Å². The maximum absolute atomic E-state index is 13.7. The zero-order chi connectivity index (χ0) is 19.4. The van der Waals surface area contributed by atoms with Gasteiger partial charge in [0.15, 0.2) is 0 Å². The van der Waals surface area contributed by atoms with E-state index in [1.807, 2.05) is 0 Å². The summed E-state index contributed by atoms with van der Waals surface area (Å²) in [5, 5.41) is 5.25. The van der Waals surface area contributed by atoms with Crippen molar-refractivity contribution in [1.29, 1.82) is 0 Å². The Morgan fingerprint density at radius 1 is 1.04 bits per heavy atom. The lowest BCUT2D eigenvalue weighted by Crippen LogP contribution is -2.17. The van der Waals surface area contributed by atoms with Gasteiger partial charge in [-0.2, -0.15) is 0 Å². The molecule has 0 bridgehead atoms. The Morgan fingerprint density at radius 2 is 1.74 bits per heavy atom. The number of nitrogens with one attached hydrogen (secondary N) is 2. The molecule has 1 amide bonds. The van der Waals surface area contributed by atoms with Gasteiger partial charge in [-0.25, -0.2) is 18.7 Å². The number of carbonyl (C=O) groups excluding carboxylic acids is 1. The fraction of sp³-hybridized carbons (Fsp3) is 0.105. The van der Waals surface area contributed by atoms with E-state index in [1.165, 1.54) is 12.1 Å². The van der Waals surface area contributed by atoms with E-state index in [9.17, 15) is 13.6 Å². The molecule has 3 rings (SSSR count). The quantitative estimate of drug-likeness (QED) is 0.708. The van der Waals surface area contributed by atoms with Crippen molar-refractivity contribution in [1.82, 2.24) is 9.97 Å². The van der Waals surface area contributed by atoms with Crippen molar-refractivity contribution >= 4 is 23.1 Å². The molecule has 1 aromatic heterocycles. The number of hydrogen-bond acceptors (Lipinski definition) is 5. The minimum Gasteiger partial charge on any atom is -0.497 e. The van der Waals surface area contributed by atoms with E-state index >= 15 is 0 Å². The first-order chi connectivity index (χ1) is 13.0. The number of carbonyl (C=O) groups is 1. The van der Waals surface area contributed by atoms with Crippen LogP contribution in [0, 0.1) is 18.6 Å². The molecule has 138 valence electrons. The van der Waals surface area contributed by atoms with Crippen LogP contribution >= 0.6 is 0 Å². The molecule has 8 heteroatoms. The first-order valence-electron chi connectivity index (χ1n) is 7.98. The molecule has 0 radical (unpaired) electrons. The molecule has 0 spiro atoms. The minimum atomic E-state index is -0.871. The van der Waals surface area contributed by atoms with Crippen LogP contribution < -0.4 is 15.4 Å². The number of halogens is 2. The van der Waals surface area contributed by atoms with Gasteiger partial charge in [-0.3, -0.25) is 4.79 Å². The van der Waals surface area contributed by atoms with E-state index in [0.29, 0.717) is 23.1 Å². The lowest BCUT2D eigenvalue weighted by atomic mass is 10.2. The predicted octanol–water partition coefficient (Wildman–Crippen LogP) is 4.07. The van der Waals surface area contributed by atoms with Crippen LogP contribution in [0.25, 0.3) is 0 Å². The van der Waals surface area contributed by atoms with Crippen LogP contribution in [-0.2, 0) is 0 Å². The molecule has 0 saturated carbocycles. The van der Waals surface area contributed by atoms with Crippen molar-refractivity contribution < 1.29 is 18.3 Å². The van der Waals surface area contributed by atoms with Crippen molar-refractivity contribution in [2.24, 2.45) is 0 Å². The second kappa shape index (κ2) is 7.77. The predicted molar refractivity (Wildman–Crippen MR) is 97.4 cm³/mol. The zero-order valence-electron chi connectivity index (χ0n) is 14.6. The molecule has 27 heavy (non-hydrogen) atoms. The third-order valence-electron chi connectivity index (χ3n) is 3.61. The molecular formula is C19H16F2N4O2. The summed E-state index contributed by atoms with van der Waals surface area (Å²) in [5.41, 5.74) is 0.135. The number of aryl methyl sites for hydroxylation is 1. The minimum absolute atomic E-state index is 0.0319.